The zero-order valence-electron chi connectivity index (χ0n) is 16.0. The summed E-state index contributed by atoms with van der Waals surface area (Å²) in [6.45, 7) is 7.85. The van der Waals surface area contributed by atoms with Gasteiger partial charge in [-0.3, -0.25) is 14.4 Å². The minimum Gasteiger partial charge on any atom is -0.376 e. The SMILES string of the molecule is CCn1cc(CN2CCC[C@]3(CCC(=O)N3C[C@H]3CCCO3)CC2)cn1. The van der Waals surface area contributed by atoms with Crippen LogP contribution in [0.2, 0.25) is 0 Å². The number of likely N-dealkylation sites (tertiary alicyclic amines) is 2. The summed E-state index contributed by atoms with van der Waals surface area (Å²) in [6, 6.07) is 0. The predicted octanol–water partition coefficient (Wildman–Crippen LogP) is 2.43. The second-order valence-corrected chi connectivity index (χ2v) is 8.20. The molecule has 3 saturated heterocycles. The van der Waals surface area contributed by atoms with Crippen LogP contribution in [0.25, 0.3) is 0 Å². The number of ether oxygens (including phenoxy) is 1. The van der Waals surface area contributed by atoms with Crippen molar-refractivity contribution in [3.63, 3.8) is 0 Å². The number of hydrogen-bond donors (Lipinski definition) is 0. The van der Waals surface area contributed by atoms with Crippen LogP contribution in [0, 0.1) is 0 Å². The Morgan fingerprint density at radius 2 is 2.19 bits per heavy atom. The van der Waals surface area contributed by atoms with Crippen molar-refractivity contribution in [3.05, 3.63) is 18.0 Å². The zero-order valence-corrected chi connectivity index (χ0v) is 16.0. The van der Waals surface area contributed by atoms with Crippen LogP contribution in [0.4, 0.5) is 0 Å². The topological polar surface area (TPSA) is 50.6 Å². The smallest absolute Gasteiger partial charge is 0.223 e. The number of nitrogens with zero attached hydrogens (tertiary/aromatic N) is 4. The molecule has 1 aromatic rings. The number of carbonyl (C=O) groups excluding carboxylic acids is 1. The number of carbonyl (C=O) groups is 1. The molecule has 0 N–H and O–H groups in total. The van der Waals surface area contributed by atoms with Crippen LogP contribution in [0.15, 0.2) is 12.4 Å². The van der Waals surface area contributed by atoms with Gasteiger partial charge in [0.1, 0.15) is 0 Å². The quantitative estimate of drug-likeness (QED) is 0.809. The van der Waals surface area contributed by atoms with Gasteiger partial charge in [0.25, 0.3) is 0 Å². The van der Waals surface area contributed by atoms with E-state index >= 15 is 0 Å². The Bertz CT molecular complexity index is 625. The number of aryl methyl sites for hydroxylation is 1. The van der Waals surface area contributed by atoms with Gasteiger partial charge in [0.15, 0.2) is 0 Å². The van der Waals surface area contributed by atoms with E-state index in [1.165, 1.54) is 5.56 Å². The third-order valence-corrected chi connectivity index (χ3v) is 6.51. The van der Waals surface area contributed by atoms with Crippen LogP contribution in [0.1, 0.15) is 57.4 Å². The predicted molar refractivity (Wildman–Crippen MR) is 99.7 cm³/mol. The second-order valence-electron chi connectivity index (χ2n) is 8.20. The number of hydrogen-bond acceptors (Lipinski definition) is 4. The van der Waals surface area contributed by atoms with Crippen molar-refractivity contribution >= 4 is 5.91 Å². The van der Waals surface area contributed by atoms with Gasteiger partial charge in [-0.1, -0.05) is 0 Å². The first-order valence-corrected chi connectivity index (χ1v) is 10.3. The van der Waals surface area contributed by atoms with E-state index in [9.17, 15) is 4.79 Å². The molecule has 26 heavy (non-hydrogen) atoms. The molecule has 3 aliphatic heterocycles. The Morgan fingerprint density at radius 3 is 2.96 bits per heavy atom. The molecule has 0 radical (unpaired) electrons. The molecule has 3 aliphatic rings. The van der Waals surface area contributed by atoms with Crippen molar-refractivity contribution < 1.29 is 9.53 Å². The molecule has 0 unspecified atom stereocenters. The van der Waals surface area contributed by atoms with Gasteiger partial charge >= 0.3 is 0 Å². The highest BCUT2D eigenvalue weighted by atomic mass is 16.5. The fraction of sp³-hybridized carbons (Fsp3) is 0.800. The first kappa shape index (κ1) is 18.0. The van der Waals surface area contributed by atoms with Gasteiger partial charge in [-0.15, -0.1) is 0 Å². The van der Waals surface area contributed by atoms with Crippen LogP contribution in [-0.4, -0.2) is 63.4 Å². The third-order valence-electron chi connectivity index (χ3n) is 6.51. The molecule has 1 aromatic heterocycles. The maximum Gasteiger partial charge on any atom is 0.223 e. The summed E-state index contributed by atoms with van der Waals surface area (Å²) in [5.74, 6) is 0.346. The highest BCUT2D eigenvalue weighted by Gasteiger charge is 2.46. The maximum atomic E-state index is 12.6. The molecule has 0 aromatic carbocycles. The van der Waals surface area contributed by atoms with Gasteiger partial charge in [0.05, 0.1) is 12.3 Å². The molecular weight excluding hydrogens is 328 g/mol. The number of rotatable bonds is 5. The highest BCUT2D eigenvalue weighted by Crippen LogP contribution is 2.40. The summed E-state index contributed by atoms with van der Waals surface area (Å²) < 4.78 is 7.82. The lowest BCUT2D eigenvalue weighted by molar-refractivity contribution is -0.133. The van der Waals surface area contributed by atoms with E-state index in [2.05, 4.69) is 28.0 Å². The van der Waals surface area contributed by atoms with Crippen LogP contribution >= 0.6 is 0 Å². The molecule has 0 bridgehead atoms. The highest BCUT2D eigenvalue weighted by molar-refractivity contribution is 5.79. The number of amides is 1. The van der Waals surface area contributed by atoms with Crippen molar-refractivity contribution in [2.75, 3.05) is 26.2 Å². The Hall–Kier alpha value is -1.40. The average molecular weight is 361 g/mol. The lowest BCUT2D eigenvalue weighted by Gasteiger charge is -2.39. The normalized spacial score (nSPS) is 30.4. The summed E-state index contributed by atoms with van der Waals surface area (Å²) in [6.07, 6.45) is 11.8. The molecule has 0 aliphatic carbocycles. The first-order chi connectivity index (χ1) is 12.7. The number of aromatic nitrogens is 2. The molecule has 6 heteroatoms. The van der Waals surface area contributed by atoms with Crippen molar-refractivity contribution in [1.82, 2.24) is 19.6 Å². The van der Waals surface area contributed by atoms with Gasteiger partial charge in [0.2, 0.25) is 5.91 Å². The first-order valence-electron chi connectivity index (χ1n) is 10.3. The Kier molecular flexibility index (Phi) is 5.32. The average Bonchev–Trinajstić information content (AvgIpc) is 3.34. The fourth-order valence-electron chi connectivity index (χ4n) is 4.99. The molecule has 0 saturated carbocycles. The van der Waals surface area contributed by atoms with Crippen LogP contribution in [0.3, 0.4) is 0 Å². The van der Waals surface area contributed by atoms with E-state index in [-0.39, 0.29) is 11.6 Å². The van der Waals surface area contributed by atoms with Crippen LogP contribution in [0.5, 0.6) is 0 Å². The Labute approximate surface area is 156 Å². The minimum absolute atomic E-state index is 0.0748. The molecule has 2 atom stereocenters. The van der Waals surface area contributed by atoms with Gasteiger partial charge in [-0.2, -0.15) is 5.10 Å². The molecule has 6 nitrogen and oxygen atoms in total. The summed E-state index contributed by atoms with van der Waals surface area (Å²) in [5, 5.41) is 4.40. The van der Waals surface area contributed by atoms with E-state index in [1.807, 2.05) is 10.9 Å². The van der Waals surface area contributed by atoms with E-state index < -0.39 is 0 Å². The molecule has 3 fully saturated rings. The van der Waals surface area contributed by atoms with Crippen molar-refractivity contribution in [1.29, 1.82) is 0 Å². The van der Waals surface area contributed by atoms with Crippen molar-refractivity contribution in [3.8, 4) is 0 Å². The van der Waals surface area contributed by atoms with Gasteiger partial charge < -0.3 is 9.64 Å². The molecule has 1 amide bonds. The standard InChI is InChI=1S/C20H32N4O2/c1-2-23-15-17(13-21-23)14-22-10-4-7-20(9-11-22)8-6-19(25)24(20)16-18-5-3-12-26-18/h13,15,18H,2-12,14,16H2,1H3/t18-,20+/m1/s1. The van der Waals surface area contributed by atoms with Gasteiger partial charge in [-0.05, 0) is 52.0 Å². The van der Waals surface area contributed by atoms with E-state index in [0.29, 0.717) is 5.91 Å². The van der Waals surface area contributed by atoms with E-state index in [1.54, 1.807) is 0 Å². The zero-order chi connectivity index (χ0) is 18.0. The Balaban J connectivity index is 1.40. The summed E-state index contributed by atoms with van der Waals surface area (Å²) in [7, 11) is 0. The lowest BCUT2D eigenvalue weighted by atomic mass is 9.87. The monoisotopic (exact) mass is 360 g/mol. The third kappa shape index (κ3) is 3.67. The van der Waals surface area contributed by atoms with Gasteiger partial charge in [-0.25, -0.2) is 0 Å². The lowest BCUT2D eigenvalue weighted by Crippen LogP contribution is -2.49. The van der Waals surface area contributed by atoms with E-state index in [0.717, 1.165) is 84.3 Å². The Morgan fingerprint density at radius 1 is 1.27 bits per heavy atom. The summed E-state index contributed by atoms with van der Waals surface area (Å²) in [5.41, 5.74) is 1.37. The largest absolute Gasteiger partial charge is 0.376 e. The summed E-state index contributed by atoms with van der Waals surface area (Å²) >= 11 is 0. The molecule has 1 spiro atoms. The minimum atomic E-state index is 0.0748. The van der Waals surface area contributed by atoms with Crippen molar-refractivity contribution in [2.24, 2.45) is 0 Å². The van der Waals surface area contributed by atoms with Crippen molar-refractivity contribution in [2.45, 2.75) is 76.6 Å². The second kappa shape index (κ2) is 7.69. The molecular formula is C20H32N4O2. The maximum absolute atomic E-state index is 12.6. The fourth-order valence-corrected chi connectivity index (χ4v) is 4.99. The van der Waals surface area contributed by atoms with Crippen LogP contribution in [-0.2, 0) is 22.6 Å². The molecule has 4 rings (SSSR count). The van der Waals surface area contributed by atoms with E-state index in [4.69, 9.17) is 4.74 Å². The van der Waals surface area contributed by atoms with Gasteiger partial charge in [0, 0.05) is 56.5 Å². The van der Waals surface area contributed by atoms with Crippen LogP contribution < -0.4 is 0 Å². The molecule has 144 valence electrons. The molecule has 4 heterocycles. The summed E-state index contributed by atoms with van der Waals surface area (Å²) in [4.78, 5) is 17.4.